The Hall–Kier alpha value is -4.13. The molecule has 0 spiro atoms. The first-order valence-electron chi connectivity index (χ1n) is 9.79. The third kappa shape index (κ3) is 5.48. The first-order valence-corrected chi connectivity index (χ1v) is 9.79. The van der Waals surface area contributed by atoms with Gasteiger partial charge in [0, 0.05) is 12.6 Å². The highest BCUT2D eigenvalue weighted by Gasteiger charge is 2.20. The number of rotatable bonds is 9. The molecular formula is C24H21N3O4. The first kappa shape index (κ1) is 20.2. The van der Waals surface area contributed by atoms with Crippen molar-refractivity contribution >= 4 is 5.97 Å². The molecule has 156 valence electrons. The molecule has 4 rings (SSSR count). The summed E-state index contributed by atoms with van der Waals surface area (Å²) in [7, 11) is 0. The van der Waals surface area contributed by atoms with Crippen LogP contribution in [0.1, 0.15) is 17.2 Å². The number of carbonyl (C=O) groups is 1. The molecule has 0 aliphatic carbocycles. The molecule has 1 N–H and O–H groups in total. The van der Waals surface area contributed by atoms with Gasteiger partial charge in [-0.3, -0.25) is 0 Å². The normalized spacial score (nSPS) is 11.6. The molecule has 0 amide bonds. The second-order valence-corrected chi connectivity index (χ2v) is 6.93. The molecule has 1 heterocycles. The van der Waals surface area contributed by atoms with E-state index in [2.05, 4.69) is 10.3 Å². The molecule has 0 saturated heterocycles. The number of ether oxygens (including phenoxy) is 2. The number of hydrogen-bond donors (Lipinski definition) is 1. The van der Waals surface area contributed by atoms with Crippen molar-refractivity contribution in [3.63, 3.8) is 0 Å². The predicted octanol–water partition coefficient (Wildman–Crippen LogP) is 4.52. The van der Waals surface area contributed by atoms with Crippen LogP contribution in [0.2, 0.25) is 0 Å². The minimum absolute atomic E-state index is 0.307. The number of hydrogen-bond acceptors (Lipinski definition) is 5. The van der Waals surface area contributed by atoms with Crippen molar-refractivity contribution in [2.75, 3.05) is 0 Å². The van der Waals surface area contributed by atoms with Gasteiger partial charge in [-0.1, -0.05) is 47.7 Å². The average Bonchev–Trinajstić information content (AvgIpc) is 3.33. The van der Waals surface area contributed by atoms with Crippen LogP contribution >= 0.6 is 0 Å². The van der Waals surface area contributed by atoms with E-state index in [1.54, 1.807) is 6.20 Å². The monoisotopic (exact) mass is 415 g/mol. The second kappa shape index (κ2) is 9.58. The minimum Gasteiger partial charge on any atom is -0.489 e. The molecule has 0 fully saturated rings. The SMILES string of the molecule is O=C(O)C(Cc1ccc(OCc2ccc(Oc3ccccc3)cc2)cc1)n1ccnn1. The third-order valence-electron chi connectivity index (χ3n) is 4.71. The molecule has 0 aliphatic rings. The van der Waals surface area contributed by atoms with Crippen molar-refractivity contribution in [2.24, 2.45) is 0 Å². The van der Waals surface area contributed by atoms with Gasteiger partial charge in [0.05, 0.1) is 6.20 Å². The zero-order chi connectivity index (χ0) is 21.5. The lowest BCUT2D eigenvalue weighted by Crippen LogP contribution is -2.22. The Bertz CT molecular complexity index is 1100. The second-order valence-electron chi connectivity index (χ2n) is 6.93. The van der Waals surface area contributed by atoms with Crippen molar-refractivity contribution in [3.8, 4) is 17.2 Å². The van der Waals surface area contributed by atoms with E-state index in [0.717, 1.165) is 22.6 Å². The molecule has 0 saturated carbocycles. The van der Waals surface area contributed by atoms with Gasteiger partial charge < -0.3 is 14.6 Å². The number of aromatic nitrogens is 3. The summed E-state index contributed by atoms with van der Waals surface area (Å²) in [5, 5.41) is 16.9. The van der Waals surface area contributed by atoms with Crippen LogP contribution in [0.4, 0.5) is 0 Å². The van der Waals surface area contributed by atoms with Crippen molar-refractivity contribution in [1.82, 2.24) is 15.0 Å². The summed E-state index contributed by atoms with van der Waals surface area (Å²) in [6.45, 7) is 0.418. The Kier molecular flexibility index (Phi) is 6.23. The van der Waals surface area contributed by atoms with Crippen LogP contribution in [0.5, 0.6) is 17.2 Å². The van der Waals surface area contributed by atoms with Crippen LogP contribution in [-0.4, -0.2) is 26.1 Å². The maximum Gasteiger partial charge on any atom is 0.328 e. The summed E-state index contributed by atoms with van der Waals surface area (Å²) in [5.41, 5.74) is 1.89. The van der Waals surface area contributed by atoms with Gasteiger partial charge in [-0.05, 0) is 47.5 Å². The topological polar surface area (TPSA) is 86.5 Å². The number of carboxylic acids is 1. The summed E-state index contributed by atoms with van der Waals surface area (Å²) < 4.78 is 13.0. The third-order valence-corrected chi connectivity index (χ3v) is 4.71. The molecule has 0 bridgehead atoms. The van der Waals surface area contributed by atoms with Crippen LogP contribution in [0, 0.1) is 0 Å². The standard InChI is InChI=1S/C24H21N3O4/c28-24(29)23(27-15-14-25-26-27)16-18-6-10-20(11-7-18)30-17-19-8-12-22(13-9-19)31-21-4-2-1-3-5-21/h1-15,23H,16-17H2,(H,28,29). The number of carboxylic acid groups (broad SMARTS) is 1. The van der Waals surface area contributed by atoms with Gasteiger partial charge in [-0.15, -0.1) is 5.10 Å². The van der Waals surface area contributed by atoms with Crippen molar-refractivity contribution in [2.45, 2.75) is 19.1 Å². The Morgan fingerprint density at radius 2 is 1.52 bits per heavy atom. The zero-order valence-corrected chi connectivity index (χ0v) is 16.7. The molecule has 7 heteroatoms. The largest absolute Gasteiger partial charge is 0.489 e. The van der Waals surface area contributed by atoms with Gasteiger partial charge in [0.2, 0.25) is 0 Å². The first-order chi connectivity index (χ1) is 15.2. The van der Waals surface area contributed by atoms with E-state index in [1.165, 1.54) is 10.9 Å². The molecule has 1 unspecified atom stereocenters. The lowest BCUT2D eigenvalue weighted by Gasteiger charge is -2.13. The quantitative estimate of drug-likeness (QED) is 0.433. The van der Waals surface area contributed by atoms with Crippen LogP contribution in [0.25, 0.3) is 0 Å². The molecule has 7 nitrogen and oxygen atoms in total. The van der Waals surface area contributed by atoms with E-state index < -0.39 is 12.0 Å². The molecule has 3 aromatic carbocycles. The predicted molar refractivity (Wildman–Crippen MR) is 114 cm³/mol. The molecule has 31 heavy (non-hydrogen) atoms. The van der Waals surface area contributed by atoms with Crippen LogP contribution in [0.3, 0.4) is 0 Å². The van der Waals surface area contributed by atoms with E-state index in [-0.39, 0.29) is 0 Å². The summed E-state index contributed by atoms with van der Waals surface area (Å²) >= 11 is 0. The van der Waals surface area contributed by atoms with E-state index in [0.29, 0.717) is 18.8 Å². The molecule has 1 atom stereocenters. The maximum atomic E-state index is 11.5. The van der Waals surface area contributed by atoms with E-state index >= 15 is 0 Å². The van der Waals surface area contributed by atoms with Gasteiger partial charge in [-0.2, -0.15) is 0 Å². The molecule has 1 aromatic heterocycles. The average molecular weight is 415 g/mol. The fourth-order valence-corrected chi connectivity index (χ4v) is 3.07. The van der Waals surface area contributed by atoms with Crippen molar-refractivity contribution in [1.29, 1.82) is 0 Å². The Balaban J connectivity index is 1.31. The van der Waals surface area contributed by atoms with Gasteiger partial charge >= 0.3 is 5.97 Å². The number of benzene rings is 3. The Morgan fingerprint density at radius 1 is 0.871 bits per heavy atom. The maximum absolute atomic E-state index is 11.5. The highest BCUT2D eigenvalue weighted by Crippen LogP contribution is 2.22. The highest BCUT2D eigenvalue weighted by atomic mass is 16.5. The lowest BCUT2D eigenvalue weighted by atomic mass is 10.1. The van der Waals surface area contributed by atoms with Gasteiger partial charge in [-0.25, -0.2) is 9.48 Å². The van der Waals surface area contributed by atoms with Gasteiger partial charge in [0.25, 0.3) is 0 Å². The van der Waals surface area contributed by atoms with Crippen molar-refractivity contribution in [3.05, 3.63) is 102 Å². The number of nitrogens with zero attached hydrogens (tertiary/aromatic N) is 3. The number of aliphatic carboxylic acids is 1. The van der Waals surface area contributed by atoms with E-state index in [1.807, 2.05) is 78.9 Å². The van der Waals surface area contributed by atoms with Crippen LogP contribution in [-0.2, 0) is 17.8 Å². The number of para-hydroxylation sites is 1. The van der Waals surface area contributed by atoms with Crippen LogP contribution in [0.15, 0.2) is 91.3 Å². The van der Waals surface area contributed by atoms with E-state index in [4.69, 9.17) is 9.47 Å². The molecule has 0 aliphatic heterocycles. The fourth-order valence-electron chi connectivity index (χ4n) is 3.07. The molecular weight excluding hydrogens is 394 g/mol. The summed E-state index contributed by atoms with van der Waals surface area (Å²) in [5.74, 6) is 1.31. The fraction of sp³-hybridized carbons (Fsp3) is 0.125. The Morgan fingerprint density at radius 3 is 2.16 bits per heavy atom. The zero-order valence-electron chi connectivity index (χ0n) is 16.7. The minimum atomic E-state index is -0.953. The Labute approximate surface area is 179 Å². The van der Waals surface area contributed by atoms with Crippen molar-refractivity contribution < 1.29 is 19.4 Å². The van der Waals surface area contributed by atoms with Crippen LogP contribution < -0.4 is 9.47 Å². The summed E-state index contributed by atoms with van der Waals surface area (Å²) in [6.07, 6.45) is 3.32. The van der Waals surface area contributed by atoms with Gasteiger partial charge in [0.1, 0.15) is 23.9 Å². The highest BCUT2D eigenvalue weighted by molar-refractivity contribution is 5.72. The van der Waals surface area contributed by atoms with E-state index in [9.17, 15) is 9.90 Å². The summed E-state index contributed by atoms with van der Waals surface area (Å²) in [6, 6.07) is 23.9. The van der Waals surface area contributed by atoms with Gasteiger partial charge in [0.15, 0.2) is 6.04 Å². The summed E-state index contributed by atoms with van der Waals surface area (Å²) in [4.78, 5) is 11.5. The molecule has 0 radical (unpaired) electrons. The lowest BCUT2D eigenvalue weighted by molar-refractivity contribution is -0.141. The smallest absolute Gasteiger partial charge is 0.328 e. The molecule has 4 aromatic rings.